The van der Waals surface area contributed by atoms with Gasteiger partial charge in [0.2, 0.25) is 0 Å². The van der Waals surface area contributed by atoms with Crippen LogP contribution in [0, 0.1) is 11.3 Å². The Balaban J connectivity index is 2.58. The van der Waals surface area contributed by atoms with Gasteiger partial charge in [0.15, 0.2) is 0 Å². The molecule has 0 saturated carbocycles. The molecule has 0 spiro atoms. The van der Waals surface area contributed by atoms with Gasteiger partial charge in [-0.1, -0.05) is 0 Å². The molecular weight excluding hydrogens is 244 g/mol. The van der Waals surface area contributed by atoms with Gasteiger partial charge in [0, 0.05) is 23.0 Å². The fraction of sp³-hybridized carbons (Fsp3) is 0.0769. The highest BCUT2D eigenvalue weighted by Gasteiger charge is 2.10. The van der Waals surface area contributed by atoms with E-state index >= 15 is 0 Å². The minimum absolute atomic E-state index is 0.551. The van der Waals surface area contributed by atoms with Gasteiger partial charge in [-0.25, -0.2) is 4.98 Å². The molecule has 0 amide bonds. The predicted molar refractivity (Wildman–Crippen MR) is 75.5 cm³/mol. The van der Waals surface area contributed by atoms with Crippen LogP contribution in [0.25, 0.3) is 11.1 Å². The van der Waals surface area contributed by atoms with Gasteiger partial charge < -0.3 is 11.5 Å². The van der Waals surface area contributed by atoms with E-state index in [2.05, 4.69) is 11.1 Å². The number of nitriles is 1. The molecule has 1 heterocycles. The van der Waals surface area contributed by atoms with Gasteiger partial charge in [-0.15, -0.1) is 11.3 Å². The molecule has 0 fully saturated rings. The van der Waals surface area contributed by atoms with E-state index in [1.807, 2.05) is 12.3 Å². The number of nitrogens with zero attached hydrogens (tertiary/aromatic N) is 2. The monoisotopic (exact) mass is 256 g/mol. The summed E-state index contributed by atoms with van der Waals surface area (Å²) in [4.78, 5) is 4.15. The summed E-state index contributed by atoms with van der Waals surface area (Å²) in [7, 11) is 0. The topological polar surface area (TPSA) is 88.7 Å². The standard InChI is InChI=1S/C13H12N4S/c1-8(9-4-10(15)6-11(16)5-9)12(7-14)13-17-2-3-18-13/h2-6H,15-16H2,1H3/b12-8+. The Morgan fingerprint density at radius 1 is 1.28 bits per heavy atom. The Morgan fingerprint density at radius 2 is 1.94 bits per heavy atom. The molecule has 1 aromatic heterocycles. The number of anilines is 2. The Morgan fingerprint density at radius 3 is 2.44 bits per heavy atom. The second-order valence-corrected chi connectivity index (χ2v) is 4.73. The average molecular weight is 256 g/mol. The van der Waals surface area contributed by atoms with E-state index in [9.17, 15) is 5.26 Å². The first kappa shape index (κ1) is 12.1. The number of hydrogen-bond acceptors (Lipinski definition) is 5. The molecule has 4 nitrogen and oxygen atoms in total. The second kappa shape index (κ2) is 4.90. The molecule has 5 heteroatoms. The first-order chi connectivity index (χ1) is 8.61. The fourth-order valence-electron chi connectivity index (χ4n) is 1.68. The van der Waals surface area contributed by atoms with Gasteiger partial charge in [0.05, 0.1) is 5.57 Å². The smallest absolute Gasteiger partial charge is 0.134 e. The van der Waals surface area contributed by atoms with Crippen molar-refractivity contribution in [1.29, 1.82) is 5.26 Å². The van der Waals surface area contributed by atoms with Crippen LogP contribution in [0.3, 0.4) is 0 Å². The summed E-state index contributed by atoms with van der Waals surface area (Å²) < 4.78 is 0. The van der Waals surface area contributed by atoms with Crippen LogP contribution >= 0.6 is 11.3 Å². The number of nitrogens with two attached hydrogens (primary N) is 2. The van der Waals surface area contributed by atoms with E-state index in [0.29, 0.717) is 22.0 Å². The average Bonchev–Trinajstić information content (AvgIpc) is 2.82. The van der Waals surface area contributed by atoms with Crippen molar-refractivity contribution in [2.24, 2.45) is 0 Å². The molecule has 0 aliphatic carbocycles. The lowest BCUT2D eigenvalue weighted by Crippen LogP contribution is -1.94. The third-order valence-corrected chi connectivity index (χ3v) is 3.33. The van der Waals surface area contributed by atoms with E-state index in [0.717, 1.165) is 11.1 Å². The number of hydrogen-bond donors (Lipinski definition) is 2. The molecule has 0 aliphatic heterocycles. The van der Waals surface area contributed by atoms with Crippen molar-refractivity contribution >= 4 is 33.9 Å². The predicted octanol–water partition coefficient (Wildman–Crippen LogP) is 2.76. The van der Waals surface area contributed by atoms with Crippen LogP contribution in [0.1, 0.15) is 17.5 Å². The summed E-state index contributed by atoms with van der Waals surface area (Å²) in [5.41, 5.74) is 14.9. The van der Waals surface area contributed by atoms with Crippen molar-refractivity contribution in [2.45, 2.75) is 6.92 Å². The van der Waals surface area contributed by atoms with Crippen molar-refractivity contribution in [3.05, 3.63) is 40.3 Å². The Hall–Kier alpha value is -2.32. The van der Waals surface area contributed by atoms with E-state index in [1.54, 1.807) is 24.4 Å². The van der Waals surface area contributed by atoms with Gasteiger partial charge in [-0.3, -0.25) is 0 Å². The third-order valence-electron chi connectivity index (χ3n) is 2.54. The number of allylic oxidation sites excluding steroid dienone is 2. The minimum Gasteiger partial charge on any atom is -0.399 e. The zero-order chi connectivity index (χ0) is 13.1. The van der Waals surface area contributed by atoms with Crippen LogP contribution in [0.15, 0.2) is 29.8 Å². The van der Waals surface area contributed by atoms with E-state index in [4.69, 9.17) is 11.5 Å². The maximum Gasteiger partial charge on any atom is 0.134 e. The molecule has 0 radical (unpaired) electrons. The molecule has 0 saturated heterocycles. The quantitative estimate of drug-likeness (QED) is 0.638. The Kier molecular flexibility index (Phi) is 3.31. The van der Waals surface area contributed by atoms with Gasteiger partial charge in [0.1, 0.15) is 11.1 Å². The first-order valence-electron chi connectivity index (χ1n) is 5.29. The van der Waals surface area contributed by atoms with Gasteiger partial charge in [0.25, 0.3) is 0 Å². The molecule has 0 atom stereocenters. The summed E-state index contributed by atoms with van der Waals surface area (Å²) in [6, 6.07) is 7.48. The largest absolute Gasteiger partial charge is 0.399 e. The molecule has 90 valence electrons. The second-order valence-electron chi connectivity index (χ2n) is 3.84. The molecule has 18 heavy (non-hydrogen) atoms. The van der Waals surface area contributed by atoms with Gasteiger partial charge in [-0.2, -0.15) is 5.26 Å². The van der Waals surface area contributed by atoms with Crippen molar-refractivity contribution in [3.63, 3.8) is 0 Å². The lowest BCUT2D eigenvalue weighted by atomic mass is 10.0. The van der Waals surface area contributed by atoms with Gasteiger partial charge in [-0.05, 0) is 36.3 Å². The van der Waals surface area contributed by atoms with Crippen LogP contribution in [0.5, 0.6) is 0 Å². The molecule has 2 aromatic rings. The highest BCUT2D eigenvalue weighted by atomic mass is 32.1. The van der Waals surface area contributed by atoms with Crippen LogP contribution < -0.4 is 11.5 Å². The third kappa shape index (κ3) is 2.34. The molecule has 0 unspecified atom stereocenters. The first-order valence-corrected chi connectivity index (χ1v) is 6.17. The van der Waals surface area contributed by atoms with Crippen molar-refractivity contribution in [1.82, 2.24) is 4.98 Å². The molecule has 1 aromatic carbocycles. The normalized spacial score (nSPS) is 11.8. The lowest BCUT2D eigenvalue weighted by molar-refractivity contribution is 1.37. The van der Waals surface area contributed by atoms with Crippen LogP contribution in [-0.2, 0) is 0 Å². The molecule has 4 N–H and O–H groups in total. The van der Waals surface area contributed by atoms with Crippen LogP contribution in [0.4, 0.5) is 11.4 Å². The molecule has 0 bridgehead atoms. The minimum atomic E-state index is 0.551. The molecule has 0 aliphatic rings. The van der Waals surface area contributed by atoms with Crippen LogP contribution in [0.2, 0.25) is 0 Å². The summed E-state index contributed by atoms with van der Waals surface area (Å²) in [5, 5.41) is 11.8. The van der Waals surface area contributed by atoms with Gasteiger partial charge >= 0.3 is 0 Å². The zero-order valence-corrected chi connectivity index (χ0v) is 10.7. The lowest BCUT2D eigenvalue weighted by Gasteiger charge is -2.06. The Labute approximate surface area is 109 Å². The SMILES string of the molecule is C/C(=C(/C#N)c1nccs1)c1cc(N)cc(N)c1. The van der Waals surface area contributed by atoms with Crippen molar-refractivity contribution in [2.75, 3.05) is 11.5 Å². The Bertz CT molecular complexity index is 615. The van der Waals surface area contributed by atoms with Crippen molar-refractivity contribution < 1.29 is 0 Å². The number of nitrogen functional groups attached to an aromatic ring is 2. The van der Waals surface area contributed by atoms with E-state index in [1.165, 1.54) is 11.3 Å². The summed E-state index contributed by atoms with van der Waals surface area (Å²) in [6.45, 7) is 1.87. The molecule has 2 rings (SSSR count). The summed E-state index contributed by atoms with van der Waals surface area (Å²) in [6.07, 6.45) is 1.68. The maximum absolute atomic E-state index is 9.26. The van der Waals surface area contributed by atoms with E-state index < -0.39 is 0 Å². The number of benzene rings is 1. The fourth-order valence-corrected chi connectivity index (χ4v) is 2.37. The summed E-state index contributed by atoms with van der Waals surface area (Å²) >= 11 is 1.43. The number of rotatable bonds is 2. The zero-order valence-electron chi connectivity index (χ0n) is 9.84. The van der Waals surface area contributed by atoms with E-state index in [-0.39, 0.29) is 0 Å². The highest BCUT2D eigenvalue weighted by Crippen LogP contribution is 2.29. The number of thiazole rings is 1. The summed E-state index contributed by atoms with van der Waals surface area (Å²) in [5.74, 6) is 0. The maximum atomic E-state index is 9.26. The highest BCUT2D eigenvalue weighted by molar-refractivity contribution is 7.10. The number of aromatic nitrogens is 1. The van der Waals surface area contributed by atoms with Crippen LogP contribution in [-0.4, -0.2) is 4.98 Å². The molecular formula is C13H12N4S. The van der Waals surface area contributed by atoms with Crippen molar-refractivity contribution in [3.8, 4) is 6.07 Å².